The Hall–Kier alpha value is -2.42. The average Bonchev–Trinajstić information content (AvgIpc) is 3.03. The Balaban J connectivity index is 1.45. The second-order valence-electron chi connectivity index (χ2n) is 6.96. The minimum atomic E-state index is -0.320. The van der Waals surface area contributed by atoms with E-state index >= 15 is 0 Å². The highest BCUT2D eigenvalue weighted by Gasteiger charge is 2.35. The Labute approximate surface area is 205 Å². The van der Waals surface area contributed by atoms with E-state index in [0.717, 1.165) is 27.4 Å². The fourth-order valence-electron chi connectivity index (χ4n) is 3.05. The summed E-state index contributed by atoms with van der Waals surface area (Å²) >= 11 is 7.75. The molecule has 0 spiro atoms. The van der Waals surface area contributed by atoms with E-state index in [1.807, 2.05) is 24.3 Å². The van der Waals surface area contributed by atoms with Gasteiger partial charge in [-0.05, 0) is 75.2 Å². The number of ether oxygens (including phenoxy) is 1. The lowest BCUT2D eigenvalue weighted by molar-refractivity contribution is -0.123. The van der Waals surface area contributed by atoms with Crippen molar-refractivity contribution in [3.8, 4) is 5.75 Å². The second-order valence-corrected chi connectivity index (χ2v) is 9.73. The molecular formula is C24H16Br2FNO3S. The predicted molar refractivity (Wildman–Crippen MR) is 131 cm³/mol. The number of hydrogen-bond acceptors (Lipinski definition) is 4. The lowest BCUT2D eigenvalue weighted by Gasteiger charge is -2.12. The third kappa shape index (κ3) is 5.31. The fourth-order valence-corrected chi connectivity index (χ4v) is 4.67. The Bertz CT molecular complexity index is 1210. The van der Waals surface area contributed by atoms with Gasteiger partial charge in [0.1, 0.15) is 18.2 Å². The van der Waals surface area contributed by atoms with E-state index in [4.69, 9.17) is 4.74 Å². The van der Waals surface area contributed by atoms with Gasteiger partial charge in [-0.15, -0.1) is 0 Å². The van der Waals surface area contributed by atoms with E-state index in [-0.39, 0.29) is 30.1 Å². The van der Waals surface area contributed by atoms with Gasteiger partial charge in [0.05, 0.1) is 15.9 Å². The number of benzene rings is 3. The molecule has 4 nitrogen and oxygen atoms in total. The van der Waals surface area contributed by atoms with Gasteiger partial charge in [-0.1, -0.05) is 52.3 Å². The molecule has 0 radical (unpaired) electrons. The third-order valence-electron chi connectivity index (χ3n) is 4.72. The highest BCUT2D eigenvalue weighted by atomic mass is 79.9. The Morgan fingerprint density at radius 1 is 1.00 bits per heavy atom. The molecule has 162 valence electrons. The summed E-state index contributed by atoms with van der Waals surface area (Å²) in [5.74, 6) is -0.0910. The number of halogens is 3. The van der Waals surface area contributed by atoms with Crippen molar-refractivity contribution in [3.63, 3.8) is 0 Å². The van der Waals surface area contributed by atoms with Gasteiger partial charge >= 0.3 is 0 Å². The second kappa shape index (κ2) is 10.0. The third-order valence-corrected chi connectivity index (χ3v) is 6.78. The summed E-state index contributed by atoms with van der Waals surface area (Å²) in [5, 5.41) is -0.298. The lowest BCUT2D eigenvalue weighted by atomic mass is 10.2. The van der Waals surface area contributed by atoms with Crippen molar-refractivity contribution >= 4 is 60.8 Å². The van der Waals surface area contributed by atoms with Gasteiger partial charge in [0, 0.05) is 10.0 Å². The van der Waals surface area contributed by atoms with Crippen LogP contribution in [0.3, 0.4) is 0 Å². The van der Waals surface area contributed by atoms with E-state index in [9.17, 15) is 14.0 Å². The van der Waals surface area contributed by atoms with Crippen molar-refractivity contribution in [2.24, 2.45) is 0 Å². The normalized spacial score (nSPS) is 15.0. The van der Waals surface area contributed by atoms with Gasteiger partial charge in [0.15, 0.2) is 0 Å². The largest absolute Gasteiger partial charge is 0.488 e. The number of carbonyl (C=O) groups is 2. The Kier molecular flexibility index (Phi) is 7.13. The number of amides is 2. The number of thioether (sulfide) groups is 1. The molecule has 0 aromatic heterocycles. The summed E-state index contributed by atoms with van der Waals surface area (Å²) in [6.07, 6.45) is 1.68. The lowest BCUT2D eigenvalue weighted by Crippen LogP contribution is -2.27. The van der Waals surface area contributed by atoms with E-state index in [0.29, 0.717) is 20.7 Å². The predicted octanol–water partition coefficient (Wildman–Crippen LogP) is 7.17. The Morgan fingerprint density at radius 2 is 1.75 bits per heavy atom. The molecule has 2 amide bonds. The summed E-state index contributed by atoms with van der Waals surface area (Å²) in [7, 11) is 0. The minimum absolute atomic E-state index is 0.0968. The van der Waals surface area contributed by atoms with Crippen LogP contribution in [-0.2, 0) is 17.9 Å². The van der Waals surface area contributed by atoms with Crippen LogP contribution in [0.4, 0.5) is 9.18 Å². The molecule has 0 saturated carbocycles. The molecule has 1 aliphatic heterocycles. The number of nitrogens with zero attached hydrogens (tertiary/aromatic N) is 1. The van der Waals surface area contributed by atoms with Crippen LogP contribution in [0.25, 0.3) is 6.08 Å². The number of hydrogen-bond donors (Lipinski definition) is 0. The number of carbonyl (C=O) groups excluding carboxylic acids is 2. The van der Waals surface area contributed by atoms with Crippen LogP contribution >= 0.6 is 43.6 Å². The highest BCUT2D eigenvalue weighted by molar-refractivity contribution is 9.10. The molecule has 0 aliphatic carbocycles. The minimum Gasteiger partial charge on any atom is -0.488 e. The maximum absolute atomic E-state index is 13.8. The molecule has 0 N–H and O–H groups in total. The van der Waals surface area contributed by atoms with Gasteiger partial charge in [-0.2, -0.15) is 0 Å². The Morgan fingerprint density at radius 3 is 2.47 bits per heavy atom. The van der Waals surface area contributed by atoms with E-state index < -0.39 is 0 Å². The SMILES string of the molecule is O=C1S/C(=C\c2ccc(OCc3ccccc3F)c(Br)c2)C(=O)N1Cc1ccc(Br)cc1. The summed E-state index contributed by atoms with van der Waals surface area (Å²) in [4.78, 5) is 26.7. The average molecular weight is 577 g/mol. The van der Waals surface area contributed by atoms with E-state index in [2.05, 4.69) is 31.9 Å². The van der Waals surface area contributed by atoms with Crippen molar-refractivity contribution in [2.45, 2.75) is 13.2 Å². The van der Waals surface area contributed by atoms with Crippen molar-refractivity contribution < 1.29 is 18.7 Å². The molecule has 1 fully saturated rings. The zero-order chi connectivity index (χ0) is 22.7. The van der Waals surface area contributed by atoms with Crippen LogP contribution in [0.2, 0.25) is 0 Å². The van der Waals surface area contributed by atoms with E-state index in [1.165, 1.54) is 11.0 Å². The first-order valence-electron chi connectivity index (χ1n) is 9.56. The molecule has 8 heteroatoms. The van der Waals surface area contributed by atoms with Gasteiger partial charge in [-0.3, -0.25) is 14.5 Å². The molecular weight excluding hydrogens is 561 g/mol. The van der Waals surface area contributed by atoms with Gasteiger partial charge in [-0.25, -0.2) is 4.39 Å². The maximum atomic E-state index is 13.8. The van der Waals surface area contributed by atoms with Gasteiger partial charge in [0.2, 0.25) is 0 Å². The van der Waals surface area contributed by atoms with Crippen LogP contribution in [0.1, 0.15) is 16.7 Å². The van der Waals surface area contributed by atoms with Gasteiger partial charge < -0.3 is 4.74 Å². The molecule has 0 unspecified atom stereocenters. The molecule has 1 saturated heterocycles. The summed E-state index contributed by atoms with van der Waals surface area (Å²) in [6, 6.07) is 19.2. The summed E-state index contributed by atoms with van der Waals surface area (Å²) in [5.41, 5.74) is 2.07. The molecule has 3 aromatic carbocycles. The zero-order valence-electron chi connectivity index (χ0n) is 16.6. The highest BCUT2D eigenvalue weighted by Crippen LogP contribution is 2.35. The van der Waals surface area contributed by atoms with Crippen molar-refractivity contribution in [1.29, 1.82) is 0 Å². The van der Waals surface area contributed by atoms with Gasteiger partial charge in [0.25, 0.3) is 11.1 Å². The van der Waals surface area contributed by atoms with Crippen LogP contribution in [0.15, 0.2) is 80.6 Å². The van der Waals surface area contributed by atoms with Crippen LogP contribution in [0.5, 0.6) is 5.75 Å². The van der Waals surface area contributed by atoms with Crippen molar-refractivity contribution in [2.75, 3.05) is 0 Å². The van der Waals surface area contributed by atoms with Crippen LogP contribution < -0.4 is 4.74 Å². The first-order chi connectivity index (χ1) is 15.4. The van der Waals surface area contributed by atoms with Crippen LogP contribution in [0, 0.1) is 5.82 Å². The maximum Gasteiger partial charge on any atom is 0.293 e. The first-order valence-corrected chi connectivity index (χ1v) is 12.0. The zero-order valence-corrected chi connectivity index (χ0v) is 20.5. The topological polar surface area (TPSA) is 46.6 Å². The molecule has 3 aromatic rings. The first kappa shape index (κ1) is 22.8. The number of rotatable bonds is 6. The molecule has 0 bridgehead atoms. The number of imide groups is 1. The van der Waals surface area contributed by atoms with Crippen LogP contribution in [-0.4, -0.2) is 16.0 Å². The van der Waals surface area contributed by atoms with E-state index in [1.54, 1.807) is 42.5 Å². The smallest absolute Gasteiger partial charge is 0.293 e. The summed E-state index contributed by atoms with van der Waals surface area (Å²) < 4.78 is 21.1. The van der Waals surface area contributed by atoms with Crippen molar-refractivity contribution in [3.05, 3.63) is 103 Å². The quantitative estimate of drug-likeness (QED) is 0.292. The fraction of sp³-hybridized carbons (Fsp3) is 0.0833. The van der Waals surface area contributed by atoms with Crippen molar-refractivity contribution in [1.82, 2.24) is 4.90 Å². The molecule has 4 rings (SSSR count). The molecule has 1 heterocycles. The molecule has 1 aliphatic rings. The molecule has 32 heavy (non-hydrogen) atoms. The monoisotopic (exact) mass is 575 g/mol. The standard InChI is InChI=1S/C24H16Br2FNO3S/c25-18-8-5-15(6-9-18)13-28-23(29)22(32-24(28)30)12-16-7-10-21(19(26)11-16)31-14-17-3-1-2-4-20(17)27/h1-12H,13-14H2/b22-12-. The molecule has 0 atom stereocenters. The summed E-state index contributed by atoms with van der Waals surface area (Å²) in [6.45, 7) is 0.321.